The molecular formula is C17H18F3NO. The lowest BCUT2D eigenvalue weighted by molar-refractivity contribution is -0.136. The first-order valence-electron chi connectivity index (χ1n) is 7.04. The van der Waals surface area contributed by atoms with Crippen molar-refractivity contribution in [2.24, 2.45) is 5.73 Å². The summed E-state index contributed by atoms with van der Waals surface area (Å²) in [5.41, 5.74) is 7.48. The van der Waals surface area contributed by atoms with E-state index in [1.807, 2.05) is 30.3 Å². The summed E-state index contributed by atoms with van der Waals surface area (Å²) in [5, 5.41) is 0. The van der Waals surface area contributed by atoms with Crippen LogP contribution in [-0.4, -0.2) is 6.18 Å². The molecule has 0 radical (unpaired) electrons. The summed E-state index contributed by atoms with van der Waals surface area (Å²) in [6, 6.07) is 15.8. The lowest BCUT2D eigenvalue weighted by Gasteiger charge is -2.17. The number of halogens is 3. The van der Waals surface area contributed by atoms with Gasteiger partial charge in [0.2, 0.25) is 0 Å². The van der Waals surface area contributed by atoms with Gasteiger partial charge in [0.25, 0.3) is 0 Å². The fourth-order valence-corrected chi connectivity index (χ4v) is 2.13. The Hall–Kier alpha value is -2.01. The van der Waals surface area contributed by atoms with E-state index in [9.17, 15) is 13.2 Å². The molecule has 22 heavy (non-hydrogen) atoms. The van der Waals surface area contributed by atoms with Gasteiger partial charge in [0, 0.05) is 18.0 Å². The van der Waals surface area contributed by atoms with E-state index in [1.165, 1.54) is 0 Å². The highest BCUT2D eigenvalue weighted by Gasteiger charge is 2.28. The van der Waals surface area contributed by atoms with E-state index in [0.717, 1.165) is 5.56 Å². The molecule has 0 aliphatic heterocycles. The van der Waals surface area contributed by atoms with E-state index >= 15 is 0 Å². The molecule has 0 heterocycles. The fraction of sp³-hybridized carbons (Fsp3) is 0.294. The second kappa shape index (κ2) is 7.31. The quantitative estimate of drug-likeness (QED) is 0.846. The third kappa shape index (κ3) is 5.07. The van der Waals surface area contributed by atoms with Gasteiger partial charge in [-0.2, -0.15) is 13.2 Å². The SMILES string of the molecule is N[C@@H](CCC(F)(F)F)c1ccccc1OCc1ccccc1. The number of benzene rings is 2. The number of hydrogen-bond donors (Lipinski definition) is 1. The Bertz CT molecular complexity index is 584. The van der Waals surface area contributed by atoms with Crippen LogP contribution in [0.4, 0.5) is 13.2 Å². The molecule has 0 aromatic heterocycles. The molecular weight excluding hydrogens is 291 g/mol. The number of alkyl halides is 3. The monoisotopic (exact) mass is 309 g/mol. The van der Waals surface area contributed by atoms with Crippen LogP contribution in [0.15, 0.2) is 54.6 Å². The molecule has 0 aliphatic rings. The Labute approximate surface area is 127 Å². The van der Waals surface area contributed by atoms with Gasteiger partial charge in [-0.3, -0.25) is 0 Å². The molecule has 118 valence electrons. The molecule has 5 heteroatoms. The highest BCUT2D eigenvalue weighted by molar-refractivity contribution is 5.36. The molecule has 2 aromatic carbocycles. The lowest BCUT2D eigenvalue weighted by Crippen LogP contribution is -2.16. The normalized spacial score (nSPS) is 12.9. The third-order valence-corrected chi connectivity index (χ3v) is 3.29. The van der Waals surface area contributed by atoms with Gasteiger partial charge >= 0.3 is 6.18 Å². The van der Waals surface area contributed by atoms with Crippen molar-refractivity contribution < 1.29 is 17.9 Å². The molecule has 2 nitrogen and oxygen atoms in total. The smallest absolute Gasteiger partial charge is 0.389 e. The number of ether oxygens (including phenoxy) is 1. The predicted molar refractivity (Wildman–Crippen MR) is 79.4 cm³/mol. The zero-order valence-electron chi connectivity index (χ0n) is 12.0. The Morgan fingerprint density at radius 3 is 2.27 bits per heavy atom. The minimum absolute atomic E-state index is 0.158. The van der Waals surface area contributed by atoms with E-state index in [1.54, 1.807) is 24.3 Å². The summed E-state index contributed by atoms with van der Waals surface area (Å²) in [7, 11) is 0. The summed E-state index contributed by atoms with van der Waals surface area (Å²) in [4.78, 5) is 0. The van der Waals surface area contributed by atoms with Crippen LogP contribution in [0.3, 0.4) is 0 Å². The maximum atomic E-state index is 12.3. The second-order valence-corrected chi connectivity index (χ2v) is 5.07. The van der Waals surface area contributed by atoms with Crippen molar-refractivity contribution >= 4 is 0 Å². The van der Waals surface area contributed by atoms with Crippen molar-refractivity contribution in [3.63, 3.8) is 0 Å². The van der Waals surface area contributed by atoms with E-state index in [0.29, 0.717) is 17.9 Å². The minimum Gasteiger partial charge on any atom is -0.489 e. The highest BCUT2D eigenvalue weighted by Crippen LogP contribution is 2.30. The lowest BCUT2D eigenvalue weighted by atomic mass is 10.0. The van der Waals surface area contributed by atoms with Gasteiger partial charge in [-0.15, -0.1) is 0 Å². The Morgan fingerprint density at radius 2 is 1.59 bits per heavy atom. The summed E-state index contributed by atoms with van der Waals surface area (Å²) in [6.07, 6.45) is -5.26. The van der Waals surface area contributed by atoms with Crippen molar-refractivity contribution in [2.75, 3.05) is 0 Å². The van der Waals surface area contributed by atoms with Crippen LogP contribution in [0.2, 0.25) is 0 Å². The molecule has 0 spiro atoms. The van der Waals surface area contributed by atoms with Gasteiger partial charge in [-0.1, -0.05) is 48.5 Å². The van der Waals surface area contributed by atoms with Gasteiger partial charge in [-0.05, 0) is 18.1 Å². The van der Waals surface area contributed by atoms with E-state index < -0.39 is 18.6 Å². The summed E-state index contributed by atoms with van der Waals surface area (Å²) in [5.74, 6) is 0.529. The van der Waals surface area contributed by atoms with Crippen LogP contribution >= 0.6 is 0 Å². The van der Waals surface area contributed by atoms with Gasteiger partial charge in [0.1, 0.15) is 12.4 Å². The first-order chi connectivity index (χ1) is 10.5. The highest BCUT2D eigenvalue weighted by atomic mass is 19.4. The van der Waals surface area contributed by atoms with Crippen molar-refractivity contribution in [3.05, 3.63) is 65.7 Å². The fourth-order valence-electron chi connectivity index (χ4n) is 2.13. The van der Waals surface area contributed by atoms with E-state index in [4.69, 9.17) is 10.5 Å². The standard InChI is InChI=1S/C17H18F3NO/c18-17(19,20)11-10-15(21)14-8-4-5-9-16(14)22-12-13-6-2-1-3-7-13/h1-9,15H,10-12,21H2/t15-/m0/s1. The second-order valence-electron chi connectivity index (χ2n) is 5.07. The van der Waals surface area contributed by atoms with Crippen LogP contribution < -0.4 is 10.5 Å². The van der Waals surface area contributed by atoms with Crippen molar-refractivity contribution in [1.82, 2.24) is 0 Å². The predicted octanol–water partition coefficient (Wildman–Crippen LogP) is 4.61. The summed E-state index contributed by atoms with van der Waals surface area (Å²) >= 11 is 0. The Balaban J connectivity index is 2.03. The minimum atomic E-state index is -4.20. The first kappa shape index (κ1) is 16.4. The van der Waals surface area contributed by atoms with Crippen LogP contribution in [-0.2, 0) is 6.61 Å². The van der Waals surface area contributed by atoms with E-state index in [-0.39, 0.29) is 6.42 Å². The maximum absolute atomic E-state index is 12.3. The van der Waals surface area contributed by atoms with Crippen LogP contribution in [0.5, 0.6) is 5.75 Å². The van der Waals surface area contributed by atoms with Gasteiger partial charge in [-0.25, -0.2) is 0 Å². The van der Waals surface area contributed by atoms with Gasteiger partial charge in [0.05, 0.1) is 0 Å². The molecule has 2 N–H and O–H groups in total. The number of hydrogen-bond acceptors (Lipinski definition) is 2. The average molecular weight is 309 g/mol. The molecule has 2 aromatic rings. The molecule has 0 saturated heterocycles. The van der Waals surface area contributed by atoms with Gasteiger partial charge in [0.15, 0.2) is 0 Å². The van der Waals surface area contributed by atoms with Crippen molar-refractivity contribution in [3.8, 4) is 5.75 Å². The number of para-hydroxylation sites is 1. The third-order valence-electron chi connectivity index (χ3n) is 3.29. The first-order valence-corrected chi connectivity index (χ1v) is 7.04. The zero-order chi connectivity index (χ0) is 16.0. The molecule has 1 atom stereocenters. The molecule has 0 aliphatic carbocycles. The van der Waals surface area contributed by atoms with Crippen LogP contribution in [0.1, 0.15) is 30.0 Å². The Kier molecular flexibility index (Phi) is 5.44. The summed E-state index contributed by atoms with van der Waals surface area (Å²) < 4.78 is 42.7. The maximum Gasteiger partial charge on any atom is 0.389 e. The topological polar surface area (TPSA) is 35.2 Å². The van der Waals surface area contributed by atoms with E-state index in [2.05, 4.69) is 0 Å². The average Bonchev–Trinajstić information content (AvgIpc) is 2.51. The molecule has 0 unspecified atom stereocenters. The molecule has 0 bridgehead atoms. The molecule has 2 rings (SSSR count). The summed E-state index contributed by atoms with van der Waals surface area (Å²) in [6.45, 7) is 0.351. The van der Waals surface area contributed by atoms with Crippen molar-refractivity contribution in [2.45, 2.75) is 31.7 Å². The van der Waals surface area contributed by atoms with Crippen LogP contribution in [0.25, 0.3) is 0 Å². The number of rotatable bonds is 6. The Morgan fingerprint density at radius 1 is 0.955 bits per heavy atom. The zero-order valence-corrected chi connectivity index (χ0v) is 12.0. The molecule has 0 amide bonds. The van der Waals surface area contributed by atoms with Gasteiger partial charge < -0.3 is 10.5 Å². The molecule has 0 saturated carbocycles. The number of nitrogens with two attached hydrogens (primary N) is 1. The molecule has 0 fully saturated rings. The van der Waals surface area contributed by atoms with Crippen molar-refractivity contribution in [1.29, 1.82) is 0 Å². The largest absolute Gasteiger partial charge is 0.489 e. The van der Waals surface area contributed by atoms with Crippen LogP contribution in [0, 0.1) is 0 Å².